The summed E-state index contributed by atoms with van der Waals surface area (Å²) in [5.74, 6) is 0. The van der Waals surface area contributed by atoms with Crippen LogP contribution in [0.4, 0.5) is 5.69 Å². The van der Waals surface area contributed by atoms with Crippen molar-refractivity contribution < 1.29 is 8.42 Å². The third kappa shape index (κ3) is 4.17. The molecule has 4 nitrogen and oxygen atoms in total. The van der Waals surface area contributed by atoms with Gasteiger partial charge in [0.05, 0.1) is 15.6 Å². The first kappa shape index (κ1) is 15.8. The summed E-state index contributed by atoms with van der Waals surface area (Å²) in [7, 11) is -3.71. The van der Waals surface area contributed by atoms with Gasteiger partial charge in [-0.25, -0.2) is 8.42 Å². The van der Waals surface area contributed by atoms with Crippen LogP contribution in [-0.4, -0.2) is 13.5 Å². The molecule has 2 aromatic rings. The maximum atomic E-state index is 12.2. The quantitative estimate of drug-likeness (QED) is 0.841. The summed E-state index contributed by atoms with van der Waals surface area (Å²) in [6.45, 7) is 1.88. The number of rotatable bonds is 3. The molecule has 7 heteroatoms. The van der Waals surface area contributed by atoms with Crippen molar-refractivity contribution in [3.05, 3.63) is 59.1 Å². The van der Waals surface area contributed by atoms with Crippen LogP contribution < -0.4 is 10.0 Å². The first-order valence-corrected chi connectivity index (χ1v) is 8.30. The van der Waals surface area contributed by atoms with Gasteiger partial charge < -0.3 is 5.32 Å². The van der Waals surface area contributed by atoms with Crippen molar-refractivity contribution in [3.8, 4) is 0 Å². The molecule has 0 atom stereocenters. The highest BCUT2D eigenvalue weighted by molar-refractivity contribution is 7.92. The van der Waals surface area contributed by atoms with Gasteiger partial charge in [0.2, 0.25) is 0 Å². The van der Waals surface area contributed by atoms with Gasteiger partial charge in [0, 0.05) is 0 Å². The molecule has 0 spiro atoms. The van der Waals surface area contributed by atoms with Crippen molar-refractivity contribution in [2.45, 2.75) is 11.8 Å². The van der Waals surface area contributed by atoms with Crippen LogP contribution in [-0.2, 0) is 10.0 Å². The number of aryl methyl sites for hydroxylation is 1. The minimum atomic E-state index is -3.71. The monoisotopic (exact) mass is 340 g/mol. The predicted octanol–water partition coefficient (Wildman–Crippen LogP) is 3.32. The second-order valence-electron chi connectivity index (χ2n) is 4.35. The summed E-state index contributed by atoms with van der Waals surface area (Å²) in [6.07, 6.45) is 0. The molecular weight excluding hydrogens is 328 g/mol. The molecule has 0 radical (unpaired) electrons. The van der Waals surface area contributed by atoms with Gasteiger partial charge in [-0.15, -0.1) is 0 Å². The lowest BCUT2D eigenvalue weighted by atomic mass is 10.2. The molecule has 0 saturated carbocycles. The Morgan fingerprint density at radius 3 is 2.33 bits per heavy atom. The SMILES string of the molecule is Cc1ccc(S(=O)(=O)NC(=S)Nc2ccccc2Cl)cc1. The molecule has 0 unspecified atom stereocenters. The van der Waals surface area contributed by atoms with Crippen LogP contribution in [0.25, 0.3) is 0 Å². The van der Waals surface area contributed by atoms with Crippen LogP contribution in [0, 0.1) is 6.92 Å². The van der Waals surface area contributed by atoms with Crippen molar-refractivity contribution >= 4 is 44.6 Å². The van der Waals surface area contributed by atoms with E-state index in [9.17, 15) is 8.42 Å². The lowest BCUT2D eigenvalue weighted by molar-refractivity contribution is 0.593. The van der Waals surface area contributed by atoms with E-state index in [1.807, 2.05) is 6.92 Å². The van der Waals surface area contributed by atoms with Gasteiger partial charge in [-0.1, -0.05) is 41.4 Å². The van der Waals surface area contributed by atoms with Crippen molar-refractivity contribution in [3.63, 3.8) is 0 Å². The Labute approximate surface area is 134 Å². The van der Waals surface area contributed by atoms with Gasteiger partial charge in [-0.3, -0.25) is 4.72 Å². The van der Waals surface area contributed by atoms with Gasteiger partial charge in [0.15, 0.2) is 5.11 Å². The molecule has 21 heavy (non-hydrogen) atoms. The number of anilines is 1. The number of hydrogen-bond donors (Lipinski definition) is 2. The second-order valence-corrected chi connectivity index (χ2v) is 6.85. The Kier molecular flexibility index (Phi) is 4.82. The largest absolute Gasteiger partial charge is 0.331 e. The van der Waals surface area contributed by atoms with E-state index in [1.165, 1.54) is 12.1 Å². The summed E-state index contributed by atoms with van der Waals surface area (Å²) in [4.78, 5) is 0.149. The third-order valence-corrected chi connectivity index (χ3v) is 4.71. The van der Waals surface area contributed by atoms with Crippen molar-refractivity contribution in [1.29, 1.82) is 0 Å². The summed E-state index contributed by atoms with van der Waals surface area (Å²) < 4.78 is 26.6. The number of thiocarbonyl (C=S) groups is 1. The number of benzene rings is 2. The average molecular weight is 341 g/mol. The third-order valence-electron chi connectivity index (χ3n) is 2.68. The Hall–Kier alpha value is -1.63. The molecular formula is C14H13ClN2O2S2. The van der Waals surface area contributed by atoms with Crippen LogP contribution in [0.2, 0.25) is 5.02 Å². The predicted molar refractivity (Wildman–Crippen MR) is 89.2 cm³/mol. The number of hydrogen-bond acceptors (Lipinski definition) is 3. The molecule has 2 N–H and O–H groups in total. The normalized spacial score (nSPS) is 11.0. The summed E-state index contributed by atoms with van der Waals surface area (Å²) >= 11 is 11.0. The first-order valence-electron chi connectivity index (χ1n) is 6.03. The zero-order valence-corrected chi connectivity index (χ0v) is 13.5. The molecule has 2 aromatic carbocycles. The van der Waals surface area contributed by atoms with Gasteiger partial charge >= 0.3 is 0 Å². The molecule has 0 aliphatic rings. The minimum absolute atomic E-state index is 0.0383. The molecule has 0 aromatic heterocycles. The lowest BCUT2D eigenvalue weighted by Crippen LogP contribution is -2.34. The zero-order valence-electron chi connectivity index (χ0n) is 11.1. The minimum Gasteiger partial charge on any atom is -0.331 e. The van der Waals surface area contributed by atoms with Crippen LogP contribution in [0.15, 0.2) is 53.4 Å². The van der Waals surface area contributed by atoms with Gasteiger partial charge in [0.25, 0.3) is 10.0 Å². The maximum Gasteiger partial charge on any atom is 0.263 e. The zero-order chi connectivity index (χ0) is 15.5. The van der Waals surface area contributed by atoms with Crippen molar-refractivity contribution in [2.24, 2.45) is 0 Å². The lowest BCUT2D eigenvalue weighted by Gasteiger charge is -2.12. The van der Waals surface area contributed by atoms with E-state index in [0.29, 0.717) is 10.7 Å². The summed E-state index contributed by atoms with van der Waals surface area (Å²) in [5, 5.41) is 3.17. The number of nitrogens with one attached hydrogen (secondary N) is 2. The highest BCUT2D eigenvalue weighted by Crippen LogP contribution is 2.20. The molecule has 0 aliphatic heterocycles. The van der Waals surface area contributed by atoms with Crippen LogP contribution in [0.3, 0.4) is 0 Å². The van der Waals surface area contributed by atoms with Crippen LogP contribution in [0.5, 0.6) is 0 Å². The Morgan fingerprint density at radius 1 is 1.10 bits per heavy atom. The van der Waals surface area contributed by atoms with Gasteiger partial charge in [0.1, 0.15) is 0 Å². The smallest absolute Gasteiger partial charge is 0.263 e. The Morgan fingerprint density at radius 2 is 1.71 bits per heavy atom. The average Bonchev–Trinajstić information content (AvgIpc) is 2.41. The highest BCUT2D eigenvalue weighted by atomic mass is 35.5. The van der Waals surface area contributed by atoms with Gasteiger partial charge in [-0.2, -0.15) is 0 Å². The van der Waals surface area contributed by atoms with Crippen molar-refractivity contribution in [1.82, 2.24) is 4.72 Å². The fraction of sp³-hybridized carbons (Fsp3) is 0.0714. The Balaban J connectivity index is 2.12. The highest BCUT2D eigenvalue weighted by Gasteiger charge is 2.15. The maximum absolute atomic E-state index is 12.2. The molecule has 0 aliphatic carbocycles. The van der Waals surface area contributed by atoms with E-state index in [1.54, 1.807) is 36.4 Å². The number of para-hydroxylation sites is 1. The fourth-order valence-corrected chi connectivity index (χ4v) is 3.14. The van der Waals surface area contributed by atoms with E-state index in [0.717, 1.165) is 5.56 Å². The second kappa shape index (κ2) is 6.43. The molecule has 2 rings (SSSR count). The summed E-state index contributed by atoms with van der Waals surface area (Å²) in [5.41, 5.74) is 1.52. The molecule has 0 heterocycles. The number of sulfonamides is 1. The fourth-order valence-electron chi connectivity index (χ4n) is 1.61. The van der Waals surface area contributed by atoms with Crippen LogP contribution in [0.1, 0.15) is 5.56 Å². The van der Waals surface area contributed by atoms with E-state index < -0.39 is 10.0 Å². The first-order chi connectivity index (χ1) is 9.88. The van der Waals surface area contributed by atoms with Crippen molar-refractivity contribution in [2.75, 3.05) is 5.32 Å². The van der Waals surface area contributed by atoms with E-state index in [2.05, 4.69) is 10.0 Å². The van der Waals surface area contributed by atoms with Gasteiger partial charge in [-0.05, 0) is 43.4 Å². The molecule has 110 valence electrons. The number of halogens is 1. The molecule has 0 amide bonds. The molecule has 0 saturated heterocycles. The van der Waals surface area contributed by atoms with E-state index in [4.69, 9.17) is 23.8 Å². The summed E-state index contributed by atoms with van der Waals surface area (Å²) in [6, 6.07) is 13.4. The topological polar surface area (TPSA) is 58.2 Å². The standard InChI is InChI=1S/C14H13ClN2O2S2/c1-10-6-8-11(9-7-10)21(18,19)17-14(20)16-13-5-3-2-4-12(13)15/h2-9H,1H3,(H2,16,17,20). The molecule has 0 fully saturated rings. The Bertz CT molecular complexity index is 759. The van der Waals surface area contributed by atoms with E-state index >= 15 is 0 Å². The van der Waals surface area contributed by atoms with E-state index in [-0.39, 0.29) is 10.0 Å². The molecule has 0 bridgehead atoms. The van der Waals surface area contributed by atoms with Crippen LogP contribution >= 0.6 is 23.8 Å².